The fraction of sp³-hybridized carbons (Fsp3) is 0.154. The average Bonchev–Trinajstić information content (AvgIpc) is 2.90. The third kappa shape index (κ3) is 4.82. The molecule has 1 aliphatic rings. The highest BCUT2D eigenvalue weighted by atomic mass is 16.2. The molecule has 1 saturated heterocycles. The standard InChI is InChI=1S/C26H24N6O/c33-26(22-11-9-21(10-12-22)20-6-2-1-3-7-20)32-16-14-31(15-17-32)25-18-24(28-19-29-25)30-23-8-4-5-13-27-23/h1-13,18-19H,14-17H2,(H,27,28,29,30). The molecule has 1 aliphatic heterocycles. The van der Waals surface area contributed by atoms with Gasteiger partial charge in [-0.2, -0.15) is 0 Å². The highest BCUT2D eigenvalue weighted by Gasteiger charge is 2.23. The molecule has 0 aliphatic carbocycles. The van der Waals surface area contributed by atoms with E-state index >= 15 is 0 Å². The monoisotopic (exact) mass is 436 g/mol. The summed E-state index contributed by atoms with van der Waals surface area (Å²) in [5.41, 5.74) is 2.97. The molecule has 0 atom stereocenters. The Morgan fingerprint density at radius 1 is 0.727 bits per heavy atom. The van der Waals surface area contributed by atoms with Crippen molar-refractivity contribution in [3.05, 3.63) is 97.0 Å². The molecule has 0 saturated carbocycles. The van der Waals surface area contributed by atoms with E-state index in [1.165, 1.54) is 0 Å². The third-order valence-corrected chi connectivity index (χ3v) is 5.70. The molecular weight excluding hydrogens is 412 g/mol. The van der Waals surface area contributed by atoms with Gasteiger partial charge in [-0.15, -0.1) is 0 Å². The van der Waals surface area contributed by atoms with Crippen LogP contribution in [0.15, 0.2) is 91.4 Å². The molecule has 5 rings (SSSR count). The number of hydrogen-bond acceptors (Lipinski definition) is 6. The largest absolute Gasteiger partial charge is 0.353 e. The van der Waals surface area contributed by atoms with Crippen LogP contribution in [0.3, 0.4) is 0 Å². The van der Waals surface area contributed by atoms with Gasteiger partial charge in [-0.3, -0.25) is 4.79 Å². The second-order valence-electron chi connectivity index (χ2n) is 7.82. The molecule has 7 heteroatoms. The number of carbonyl (C=O) groups excluding carboxylic acids is 1. The summed E-state index contributed by atoms with van der Waals surface area (Å²) in [6, 6.07) is 25.6. The normalized spacial score (nSPS) is 13.6. The Morgan fingerprint density at radius 3 is 2.18 bits per heavy atom. The number of aromatic nitrogens is 3. The number of benzene rings is 2. The third-order valence-electron chi connectivity index (χ3n) is 5.70. The minimum atomic E-state index is 0.0643. The molecule has 33 heavy (non-hydrogen) atoms. The lowest BCUT2D eigenvalue weighted by Crippen LogP contribution is -2.49. The van der Waals surface area contributed by atoms with Crippen molar-refractivity contribution in [3.8, 4) is 11.1 Å². The Labute approximate surface area is 192 Å². The van der Waals surface area contributed by atoms with E-state index in [1.54, 1.807) is 12.5 Å². The molecule has 0 radical (unpaired) electrons. The first-order valence-corrected chi connectivity index (χ1v) is 11.0. The Morgan fingerprint density at radius 2 is 1.45 bits per heavy atom. The molecule has 1 N–H and O–H groups in total. The van der Waals surface area contributed by atoms with Crippen LogP contribution >= 0.6 is 0 Å². The van der Waals surface area contributed by atoms with E-state index in [0.717, 1.165) is 22.8 Å². The van der Waals surface area contributed by atoms with Gasteiger partial charge in [-0.1, -0.05) is 48.5 Å². The molecule has 1 fully saturated rings. The van der Waals surface area contributed by atoms with Gasteiger partial charge < -0.3 is 15.1 Å². The van der Waals surface area contributed by atoms with Crippen LogP contribution < -0.4 is 10.2 Å². The number of anilines is 3. The van der Waals surface area contributed by atoms with E-state index in [4.69, 9.17) is 0 Å². The van der Waals surface area contributed by atoms with Gasteiger partial charge >= 0.3 is 0 Å². The van der Waals surface area contributed by atoms with Gasteiger partial charge in [-0.05, 0) is 35.4 Å². The summed E-state index contributed by atoms with van der Waals surface area (Å²) in [6.45, 7) is 2.72. The molecule has 4 aromatic rings. The Hall–Kier alpha value is -4.26. The fourth-order valence-electron chi connectivity index (χ4n) is 3.91. The lowest BCUT2D eigenvalue weighted by Gasteiger charge is -2.35. The topological polar surface area (TPSA) is 74.2 Å². The minimum absolute atomic E-state index is 0.0643. The predicted octanol–water partition coefficient (Wildman–Crippen LogP) is 4.24. The first-order valence-electron chi connectivity index (χ1n) is 11.0. The second kappa shape index (κ2) is 9.48. The maximum Gasteiger partial charge on any atom is 0.253 e. The number of amides is 1. The summed E-state index contributed by atoms with van der Waals surface area (Å²) in [4.78, 5) is 30.1. The zero-order valence-electron chi connectivity index (χ0n) is 18.1. The number of pyridine rings is 1. The minimum Gasteiger partial charge on any atom is -0.353 e. The summed E-state index contributed by atoms with van der Waals surface area (Å²) >= 11 is 0. The van der Waals surface area contributed by atoms with E-state index in [9.17, 15) is 4.79 Å². The number of piperazine rings is 1. The predicted molar refractivity (Wildman–Crippen MR) is 130 cm³/mol. The highest BCUT2D eigenvalue weighted by molar-refractivity contribution is 5.95. The first-order chi connectivity index (χ1) is 16.3. The van der Waals surface area contributed by atoms with Crippen LogP contribution in [0.1, 0.15) is 10.4 Å². The SMILES string of the molecule is O=C(c1ccc(-c2ccccc2)cc1)N1CCN(c2cc(Nc3ccccn3)ncn2)CC1. The Balaban J connectivity index is 1.20. The van der Waals surface area contributed by atoms with Crippen molar-refractivity contribution in [3.63, 3.8) is 0 Å². The number of carbonyl (C=O) groups is 1. The Bertz CT molecular complexity index is 1210. The molecule has 2 aromatic heterocycles. The zero-order valence-corrected chi connectivity index (χ0v) is 18.1. The van der Waals surface area contributed by atoms with Crippen molar-refractivity contribution in [1.82, 2.24) is 19.9 Å². The number of rotatable bonds is 5. The van der Waals surface area contributed by atoms with Crippen molar-refractivity contribution in [1.29, 1.82) is 0 Å². The van der Waals surface area contributed by atoms with E-state index < -0.39 is 0 Å². The van der Waals surface area contributed by atoms with E-state index in [1.807, 2.05) is 71.6 Å². The lowest BCUT2D eigenvalue weighted by atomic mass is 10.0. The second-order valence-corrected chi connectivity index (χ2v) is 7.82. The summed E-state index contributed by atoms with van der Waals surface area (Å²) in [5, 5.41) is 3.19. The van der Waals surface area contributed by atoms with Crippen LogP contribution in [0, 0.1) is 0 Å². The summed E-state index contributed by atoms with van der Waals surface area (Å²) in [5.74, 6) is 2.32. The van der Waals surface area contributed by atoms with Crippen LogP contribution in [0.5, 0.6) is 0 Å². The summed E-state index contributed by atoms with van der Waals surface area (Å²) in [7, 11) is 0. The van der Waals surface area contributed by atoms with Crippen molar-refractivity contribution in [2.24, 2.45) is 0 Å². The van der Waals surface area contributed by atoms with Crippen LogP contribution in [0.4, 0.5) is 17.5 Å². The summed E-state index contributed by atoms with van der Waals surface area (Å²) < 4.78 is 0. The molecule has 0 bridgehead atoms. The van der Waals surface area contributed by atoms with E-state index in [-0.39, 0.29) is 5.91 Å². The molecule has 0 spiro atoms. The average molecular weight is 437 g/mol. The molecular formula is C26H24N6O. The zero-order chi connectivity index (χ0) is 22.5. The quantitative estimate of drug-likeness (QED) is 0.504. The molecule has 164 valence electrons. The lowest BCUT2D eigenvalue weighted by molar-refractivity contribution is 0.0746. The van der Waals surface area contributed by atoms with Gasteiger partial charge in [-0.25, -0.2) is 15.0 Å². The van der Waals surface area contributed by atoms with Crippen LogP contribution in [-0.2, 0) is 0 Å². The van der Waals surface area contributed by atoms with Crippen LogP contribution in [0.2, 0.25) is 0 Å². The molecule has 3 heterocycles. The van der Waals surface area contributed by atoms with Gasteiger partial charge in [0.25, 0.3) is 5.91 Å². The van der Waals surface area contributed by atoms with Crippen LogP contribution in [0.25, 0.3) is 11.1 Å². The Kier molecular flexibility index (Phi) is 5.93. The van der Waals surface area contributed by atoms with Crippen molar-refractivity contribution in [2.75, 3.05) is 36.4 Å². The first kappa shape index (κ1) is 20.6. The number of hydrogen-bond donors (Lipinski definition) is 1. The van der Waals surface area contributed by atoms with Gasteiger partial charge in [0, 0.05) is 44.0 Å². The van der Waals surface area contributed by atoms with Gasteiger partial charge in [0.05, 0.1) is 0 Å². The molecule has 2 aromatic carbocycles. The van der Waals surface area contributed by atoms with E-state index in [0.29, 0.717) is 37.6 Å². The van der Waals surface area contributed by atoms with Crippen molar-refractivity contribution >= 4 is 23.4 Å². The molecule has 1 amide bonds. The number of nitrogens with one attached hydrogen (secondary N) is 1. The smallest absolute Gasteiger partial charge is 0.253 e. The highest BCUT2D eigenvalue weighted by Crippen LogP contribution is 2.22. The van der Waals surface area contributed by atoms with Gasteiger partial charge in [0.15, 0.2) is 0 Å². The van der Waals surface area contributed by atoms with Gasteiger partial charge in [0.2, 0.25) is 0 Å². The van der Waals surface area contributed by atoms with Crippen LogP contribution in [-0.4, -0.2) is 51.9 Å². The molecule has 7 nitrogen and oxygen atoms in total. The maximum atomic E-state index is 13.0. The van der Waals surface area contributed by atoms with Crippen molar-refractivity contribution in [2.45, 2.75) is 0 Å². The van der Waals surface area contributed by atoms with Gasteiger partial charge in [0.1, 0.15) is 23.8 Å². The summed E-state index contributed by atoms with van der Waals surface area (Å²) in [6.07, 6.45) is 3.28. The molecule has 0 unspecified atom stereocenters. The van der Waals surface area contributed by atoms with Crippen molar-refractivity contribution < 1.29 is 4.79 Å². The number of nitrogens with zero attached hydrogens (tertiary/aromatic N) is 5. The van der Waals surface area contributed by atoms with E-state index in [2.05, 4.69) is 37.3 Å². The maximum absolute atomic E-state index is 13.0. The fourth-order valence-corrected chi connectivity index (χ4v) is 3.91.